The Morgan fingerprint density at radius 3 is 2.50 bits per heavy atom. The van der Waals surface area contributed by atoms with Gasteiger partial charge in [0.15, 0.2) is 5.65 Å². The monoisotopic (exact) mass is 479 g/mol. The van der Waals surface area contributed by atoms with Crippen LogP contribution in [0.1, 0.15) is 37.4 Å². The first-order chi connectivity index (χ1) is 16.3. The van der Waals surface area contributed by atoms with E-state index >= 15 is 0 Å². The summed E-state index contributed by atoms with van der Waals surface area (Å²) in [7, 11) is 0. The summed E-state index contributed by atoms with van der Waals surface area (Å²) in [5, 5.41) is 0.242. The zero-order valence-corrected chi connectivity index (χ0v) is 19.8. The Kier molecular flexibility index (Phi) is 5.48. The fourth-order valence-electron chi connectivity index (χ4n) is 4.26. The normalized spacial score (nSPS) is 13.5. The standard InChI is InChI=1S/C25H23ClFN5O2/c1-13(2)20-22(14(3)11-19(28-20)31-9-6-10-31)32-23-16(24(33)30-25(32)34)12-17(26)21(29-23)15-7-4-5-8-18(15)27/h4-5,7-8,11-13H,6,9-10H2,1-3H3,(H,30,33,34). The topological polar surface area (TPSA) is 83.9 Å². The first-order valence-electron chi connectivity index (χ1n) is 11.1. The first-order valence-corrected chi connectivity index (χ1v) is 11.5. The largest absolute Gasteiger partial charge is 0.356 e. The summed E-state index contributed by atoms with van der Waals surface area (Å²) in [6.07, 6.45) is 1.12. The molecule has 9 heteroatoms. The van der Waals surface area contributed by atoms with Crippen molar-refractivity contribution in [2.24, 2.45) is 0 Å². The van der Waals surface area contributed by atoms with Crippen LogP contribution in [0.5, 0.6) is 0 Å². The number of pyridine rings is 2. The van der Waals surface area contributed by atoms with Crippen molar-refractivity contribution in [3.63, 3.8) is 0 Å². The average molecular weight is 480 g/mol. The van der Waals surface area contributed by atoms with Crippen LogP contribution in [0.2, 0.25) is 5.02 Å². The minimum atomic E-state index is -0.643. The molecule has 0 bridgehead atoms. The number of aromatic nitrogens is 4. The third-order valence-electron chi connectivity index (χ3n) is 6.11. The number of H-pyrrole nitrogens is 1. The van der Waals surface area contributed by atoms with Gasteiger partial charge in [-0.25, -0.2) is 23.7 Å². The Bertz CT molecular complexity index is 1560. The van der Waals surface area contributed by atoms with E-state index in [0.29, 0.717) is 11.4 Å². The molecule has 0 spiro atoms. The summed E-state index contributed by atoms with van der Waals surface area (Å²) in [6.45, 7) is 7.79. The van der Waals surface area contributed by atoms with E-state index in [1.807, 2.05) is 26.8 Å². The lowest BCUT2D eigenvalue weighted by molar-refractivity contribution is 0.606. The summed E-state index contributed by atoms with van der Waals surface area (Å²) in [4.78, 5) is 39.9. The molecular weight excluding hydrogens is 457 g/mol. The van der Waals surface area contributed by atoms with Gasteiger partial charge in [0.25, 0.3) is 5.56 Å². The maximum absolute atomic E-state index is 14.6. The van der Waals surface area contributed by atoms with Gasteiger partial charge in [-0.05, 0) is 49.1 Å². The Hall–Kier alpha value is -3.52. The molecule has 1 fully saturated rings. The molecule has 1 N–H and O–H groups in total. The predicted octanol–water partition coefficient (Wildman–Crippen LogP) is 4.57. The fourth-order valence-corrected chi connectivity index (χ4v) is 4.51. The number of fused-ring (bicyclic) bond motifs is 1. The average Bonchev–Trinajstić information content (AvgIpc) is 2.74. The summed E-state index contributed by atoms with van der Waals surface area (Å²) in [5.74, 6) is 0.345. The SMILES string of the molecule is Cc1cc(N2CCC2)nc(C(C)C)c1-n1c(=O)[nH]c(=O)c2cc(Cl)c(-c3ccccc3F)nc21. The highest BCUT2D eigenvalue weighted by Gasteiger charge is 2.24. The molecule has 1 saturated heterocycles. The van der Waals surface area contributed by atoms with E-state index in [1.165, 1.54) is 16.7 Å². The molecule has 0 atom stereocenters. The van der Waals surface area contributed by atoms with E-state index in [4.69, 9.17) is 16.6 Å². The van der Waals surface area contributed by atoms with Crippen LogP contribution >= 0.6 is 11.6 Å². The van der Waals surface area contributed by atoms with Crippen molar-refractivity contribution in [2.45, 2.75) is 33.1 Å². The van der Waals surface area contributed by atoms with Gasteiger partial charge in [-0.3, -0.25) is 9.78 Å². The lowest BCUT2D eigenvalue weighted by Crippen LogP contribution is -2.38. The maximum atomic E-state index is 14.6. The highest BCUT2D eigenvalue weighted by molar-refractivity contribution is 6.33. The van der Waals surface area contributed by atoms with E-state index in [0.717, 1.165) is 30.9 Å². The molecule has 4 heterocycles. The van der Waals surface area contributed by atoms with Crippen molar-refractivity contribution in [2.75, 3.05) is 18.0 Å². The zero-order valence-electron chi connectivity index (χ0n) is 19.0. The summed E-state index contributed by atoms with van der Waals surface area (Å²) < 4.78 is 15.9. The lowest BCUT2D eigenvalue weighted by Gasteiger charge is -2.33. The summed E-state index contributed by atoms with van der Waals surface area (Å²) in [6, 6.07) is 9.47. The summed E-state index contributed by atoms with van der Waals surface area (Å²) in [5.41, 5.74) is 1.26. The second-order valence-corrected chi connectivity index (χ2v) is 9.20. The molecule has 1 aliphatic heterocycles. The Morgan fingerprint density at radius 1 is 1.12 bits per heavy atom. The zero-order chi connectivity index (χ0) is 24.1. The van der Waals surface area contributed by atoms with Crippen molar-refractivity contribution in [1.29, 1.82) is 0 Å². The van der Waals surface area contributed by atoms with E-state index in [9.17, 15) is 14.0 Å². The molecule has 0 radical (unpaired) electrons. The molecule has 4 aromatic rings. The van der Waals surface area contributed by atoms with Crippen molar-refractivity contribution in [3.8, 4) is 16.9 Å². The van der Waals surface area contributed by atoms with Gasteiger partial charge in [0.2, 0.25) is 0 Å². The number of aryl methyl sites for hydroxylation is 1. The van der Waals surface area contributed by atoms with Crippen LogP contribution in [0.4, 0.5) is 10.2 Å². The van der Waals surface area contributed by atoms with E-state index in [-0.39, 0.29) is 33.2 Å². The van der Waals surface area contributed by atoms with Gasteiger partial charge < -0.3 is 4.90 Å². The minimum absolute atomic E-state index is 0.0119. The molecule has 34 heavy (non-hydrogen) atoms. The number of anilines is 1. The number of hydrogen-bond donors (Lipinski definition) is 1. The number of hydrogen-bond acceptors (Lipinski definition) is 5. The molecule has 0 aliphatic carbocycles. The summed E-state index contributed by atoms with van der Waals surface area (Å²) >= 11 is 6.42. The smallest absolute Gasteiger partial charge is 0.334 e. The second-order valence-electron chi connectivity index (χ2n) is 8.79. The number of benzene rings is 1. The lowest BCUT2D eigenvalue weighted by atomic mass is 10.0. The molecule has 0 unspecified atom stereocenters. The molecule has 3 aromatic heterocycles. The number of nitrogens with zero attached hydrogens (tertiary/aromatic N) is 4. The molecule has 0 saturated carbocycles. The highest BCUT2D eigenvalue weighted by Crippen LogP contribution is 2.33. The van der Waals surface area contributed by atoms with Crippen molar-refractivity contribution < 1.29 is 4.39 Å². The van der Waals surface area contributed by atoms with Crippen molar-refractivity contribution in [1.82, 2.24) is 19.5 Å². The van der Waals surface area contributed by atoms with E-state index < -0.39 is 17.1 Å². The molecule has 5 rings (SSSR count). The third-order valence-corrected chi connectivity index (χ3v) is 6.40. The van der Waals surface area contributed by atoms with Crippen molar-refractivity contribution >= 4 is 28.5 Å². The Morgan fingerprint density at radius 2 is 1.85 bits per heavy atom. The fraction of sp³-hybridized carbons (Fsp3) is 0.280. The van der Waals surface area contributed by atoms with Crippen LogP contribution in [0.25, 0.3) is 28.0 Å². The van der Waals surface area contributed by atoms with Crippen LogP contribution in [0.15, 0.2) is 46.0 Å². The number of aromatic amines is 1. The van der Waals surface area contributed by atoms with Crippen LogP contribution in [-0.2, 0) is 0 Å². The second kappa shape index (κ2) is 8.36. The number of rotatable bonds is 4. The van der Waals surface area contributed by atoms with Crippen LogP contribution in [0.3, 0.4) is 0 Å². The number of halogens is 2. The van der Waals surface area contributed by atoms with Gasteiger partial charge in [-0.2, -0.15) is 0 Å². The molecule has 1 aliphatic rings. The van der Waals surface area contributed by atoms with Crippen LogP contribution in [0, 0.1) is 12.7 Å². The molecule has 7 nitrogen and oxygen atoms in total. The molecule has 1 aromatic carbocycles. The van der Waals surface area contributed by atoms with Crippen LogP contribution < -0.4 is 16.1 Å². The van der Waals surface area contributed by atoms with E-state index in [2.05, 4.69) is 14.9 Å². The van der Waals surface area contributed by atoms with Gasteiger partial charge in [0, 0.05) is 18.7 Å². The Labute approximate surface area is 199 Å². The van der Waals surface area contributed by atoms with Gasteiger partial charge >= 0.3 is 5.69 Å². The van der Waals surface area contributed by atoms with Gasteiger partial charge in [0.05, 0.1) is 27.5 Å². The van der Waals surface area contributed by atoms with Gasteiger partial charge in [-0.15, -0.1) is 0 Å². The van der Waals surface area contributed by atoms with Gasteiger partial charge in [0.1, 0.15) is 11.6 Å². The quantitative estimate of drug-likeness (QED) is 0.463. The van der Waals surface area contributed by atoms with Crippen molar-refractivity contribution in [3.05, 3.63) is 79.3 Å². The first kappa shape index (κ1) is 22.3. The third kappa shape index (κ3) is 3.58. The predicted molar refractivity (Wildman–Crippen MR) is 132 cm³/mol. The number of nitrogens with one attached hydrogen (secondary N) is 1. The van der Waals surface area contributed by atoms with Gasteiger partial charge in [-0.1, -0.05) is 37.6 Å². The minimum Gasteiger partial charge on any atom is -0.356 e. The molecular formula is C25H23ClFN5O2. The molecule has 174 valence electrons. The van der Waals surface area contributed by atoms with E-state index in [1.54, 1.807) is 18.2 Å². The molecule has 0 amide bonds. The van der Waals surface area contributed by atoms with Crippen LogP contribution in [-0.4, -0.2) is 32.6 Å². The highest BCUT2D eigenvalue weighted by atomic mass is 35.5. The maximum Gasteiger partial charge on any atom is 0.334 e. The Balaban J connectivity index is 1.86.